The van der Waals surface area contributed by atoms with Crippen molar-refractivity contribution in [2.75, 3.05) is 44.7 Å². The van der Waals surface area contributed by atoms with Crippen LogP contribution in [-0.2, 0) is 4.74 Å². The lowest BCUT2D eigenvalue weighted by molar-refractivity contribution is 0.0374. The van der Waals surface area contributed by atoms with Gasteiger partial charge < -0.3 is 15.4 Å². The third-order valence-corrected chi connectivity index (χ3v) is 6.46. The summed E-state index contributed by atoms with van der Waals surface area (Å²) in [4.78, 5) is 24.8. The Kier molecular flexibility index (Phi) is 7.70. The number of aryl methyl sites for hydroxylation is 1. The molecule has 2 aromatic heterocycles. The number of carbonyl (C=O) groups is 1. The summed E-state index contributed by atoms with van der Waals surface area (Å²) in [5.74, 6) is 0.428. The third kappa shape index (κ3) is 6.04. The van der Waals surface area contributed by atoms with Crippen molar-refractivity contribution in [2.24, 2.45) is 0 Å². The number of anilines is 2. The summed E-state index contributed by atoms with van der Waals surface area (Å²) in [6, 6.07) is 11.1. The number of benzene rings is 1. The molecule has 0 spiro atoms. The number of rotatable bonds is 8. The second kappa shape index (κ2) is 10.9. The number of hydrogen-bond donors (Lipinski definition) is 2. The predicted octanol–water partition coefficient (Wildman–Crippen LogP) is 4.36. The molecule has 1 aliphatic heterocycles. The predicted molar refractivity (Wildman–Crippen MR) is 129 cm³/mol. The van der Waals surface area contributed by atoms with E-state index in [2.05, 4.69) is 25.5 Å². The fourth-order valence-corrected chi connectivity index (χ4v) is 4.56. The van der Waals surface area contributed by atoms with Gasteiger partial charge in [-0.1, -0.05) is 11.6 Å². The fraction of sp³-hybridized carbons (Fsp3) is 0.348. The smallest absolute Gasteiger partial charge is 0.251 e. The van der Waals surface area contributed by atoms with Crippen molar-refractivity contribution in [3.05, 3.63) is 58.1 Å². The summed E-state index contributed by atoms with van der Waals surface area (Å²) in [6.45, 7) is 7.13. The number of halogens is 1. The van der Waals surface area contributed by atoms with E-state index in [-0.39, 0.29) is 5.91 Å². The number of ether oxygens (including phenoxy) is 1. The number of thiophene rings is 1. The fourth-order valence-electron chi connectivity index (χ4n) is 3.46. The van der Waals surface area contributed by atoms with Crippen LogP contribution in [0.1, 0.15) is 22.3 Å². The monoisotopic (exact) mass is 471 g/mol. The maximum atomic E-state index is 12.4. The normalized spacial score (nSPS) is 14.3. The first kappa shape index (κ1) is 22.7. The standard InChI is InChI=1S/C23H26ClN5O2S/c1-16-15-26-23(28-21(16)19-7-8-20(24)32-19)27-18-5-3-17(4-6-18)22(30)25-9-2-10-29-11-13-31-14-12-29/h3-8,15H,2,9-14H2,1H3,(H,25,30)(H,26,27,28). The summed E-state index contributed by atoms with van der Waals surface area (Å²) in [7, 11) is 0. The minimum Gasteiger partial charge on any atom is -0.379 e. The van der Waals surface area contributed by atoms with Gasteiger partial charge in [-0.3, -0.25) is 9.69 Å². The Bertz CT molecular complexity index is 1050. The van der Waals surface area contributed by atoms with Crippen LogP contribution in [0, 0.1) is 6.92 Å². The Balaban J connectivity index is 1.30. The van der Waals surface area contributed by atoms with E-state index in [1.54, 1.807) is 18.3 Å². The van der Waals surface area contributed by atoms with Crippen molar-refractivity contribution < 1.29 is 9.53 Å². The van der Waals surface area contributed by atoms with Crippen LogP contribution < -0.4 is 10.6 Å². The van der Waals surface area contributed by atoms with Gasteiger partial charge in [0.1, 0.15) is 0 Å². The van der Waals surface area contributed by atoms with Crippen LogP contribution in [0.2, 0.25) is 4.34 Å². The van der Waals surface area contributed by atoms with Gasteiger partial charge in [0.15, 0.2) is 0 Å². The molecule has 32 heavy (non-hydrogen) atoms. The number of carbonyl (C=O) groups excluding carboxylic acids is 1. The largest absolute Gasteiger partial charge is 0.379 e. The van der Waals surface area contributed by atoms with Crippen molar-refractivity contribution in [2.45, 2.75) is 13.3 Å². The minimum atomic E-state index is -0.0676. The van der Waals surface area contributed by atoms with Crippen LogP contribution in [0.4, 0.5) is 11.6 Å². The Hall–Kier alpha value is -2.52. The number of aromatic nitrogens is 2. The Morgan fingerprint density at radius 3 is 2.69 bits per heavy atom. The molecule has 0 radical (unpaired) electrons. The first-order valence-corrected chi connectivity index (χ1v) is 11.8. The minimum absolute atomic E-state index is 0.0676. The number of morpholine rings is 1. The highest BCUT2D eigenvalue weighted by Gasteiger charge is 2.11. The van der Waals surface area contributed by atoms with Crippen LogP contribution in [0.5, 0.6) is 0 Å². The molecule has 9 heteroatoms. The van der Waals surface area contributed by atoms with Crippen LogP contribution in [0.15, 0.2) is 42.6 Å². The average molecular weight is 472 g/mol. The maximum absolute atomic E-state index is 12.4. The quantitative estimate of drug-likeness (QED) is 0.475. The topological polar surface area (TPSA) is 79.4 Å². The summed E-state index contributed by atoms with van der Waals surface area (Å²) in [6.07, 6.45) is 2.71. The Labute approximate surface area is 196 Å². The maximum Gasteiger partial charge on any atom is 0.251 e. The van der Waals surface area contributed by atoms with Crippen LogP contribution in [0.25, 0.3) is 10.6 Å². The molecule has 0 atom stereocenters. The van der Waals surface area contributed by atoms with E-state index in [1.807, 2.05) is 31.2 Å². The van der Waals surface area contributed by atoms with Gasteiger partial charge in [-0.05, 0) is 61.9 Å². The highest BCUT2D eigenvalue weighted by molar-refractivity contribution is 7.19. The SMILES string of the molecule is Cc1cnc(Nc2ccc(C(=O)NCCCN3CCOCC3)cc2)nc1-c1ccc(Cl)s1. The summed E-state index contributed by atoms with van der Waals surface area (Å²) >= 11 is 7.55. The molecule has 1 fully saturated rings. The van der Waals surface area contributed by atoms with Gasteiger partial charge in [-0.25, -0.2) is 9.97 Å². The van der Waals surface area contributed by atoms with Crippen molar-refractivity contribution in [1.82, 2.24) is 20.2 Å². The molecule has 3 heterocycles. The molecule has 1 aliphatic rings. The second-order valence-electron chi connectivity index (χ2n) is 7.59. The first-order valence-electron chi connectivity index (χ1n) is 10.6. The van der Waals surface area contributed by atoms with E-state index < -0.39 is 0 Å². The zero-order valence-corrected chi connectivity index (χ0v) is 19.5. The van der Waals surface area contributed by atoms with Crippen LogP contribution in [0.3, 0.4) is 0 Å². The van der Waals surface area contributed by atoms with E-state index in [1.165, 1.54) is 11.3 Å². The lowest BCUT2D eigenvalue weighted by Crippen LogP contribution is -2.38. The summed E-state index contributed by atoms with van der Waals surface area (Å²) < 4.78 is 6.08. The van der Waals surface area contributed by atoms with Gasteiger partial charge in [0.05, 0.1) is 28.1 Å². The van der Waals surface area contributed by atoms with Crippen LogP contribution in [-0.4, -0.2) is 60.2 Å². The Morgan fingerprint density at radius 1 is 1.19 bits per heavy atom. The highest BCUT2D eigenvalue weighted by atomic mass is 35.5. The zero-order valence-electron chi connectivity index (χ0n) is 17.9. The molecule has 0 unspecified atom stereocenters. The highest BCUT2D eigenvalue weighted by Crippen LogP contribution is 2.32. The molecule has 1 saturated heterocycles. The van der Waals surface area contributed by atoms with Gasteiger partial charge in [-0.15, -0.1) is 11.3 Å². The first-order chi connectivity index (χ1) is 15.6. The van der Waals surface area contributed by atoms with Crippen molar-refractivity contribution >= 4 is 40.5 Å². The van der Waals surface area contributed by atoms with Gasteiger partial charge in [-0.2, -0.15) is 0 Å². The molecule has 168 valence electrons. The molecule has 2 N–H and O–H groups in total. The molecule has 4 rings (SSSR count). The van der Waals surface area contributed by atoms with E-state index in [0.29, 0.717) is 18.1 Å². The van der Waals surface area contributed by atoms with Gasteiger partial charge in [0, 0.05) is 37.1 Å². The summed E-state index contributed by atoms with van der Waals surface area (Å²) in [5, 5.41) is 6.19. The molecule has 7 nitrogen and oxygen atoms in total. The number of amides is 1. The average Bonchev–Trinajstić information content (AvgIpc) is 3.25. The van der Waals surface area contributed by atoms with E-state index in [4.69, 9.17) is 16.3 Å². The molecule has 1 aromatic carbocycles. The zero-order chi connectivity index (χ0) is 22.3. The second-order valence-corrected chi connectivity index (χ2v) is 9.31. The molecule has 0 bridgehead atoms. The number of nitrogens with zero attached hydrogens (tertiary/aromatic N) is 3. The van der Waals surface area contributed by atoms with Gasteiger partial charge >= 0.3 is 0 Å². The Morgan fingerprint density at radius 2 is 1.97 bits per heavy atom. The van der Waals surface area contributed by atoms with Gasteiger partial charge in [0.2, 0.25) is 5.95 Å². The summed E-state index contributed by atoms with van der Waals surface area (Å²) in [5.41, 5.74) is 3.27. The van der Waals surface area contributed by atoms with Crippen molar-refractivity contribution in [3.8, 4) is 10.6 Å². The van der Waals surface area contributed by atoms with E-state index in [9.17, 15) is 4.79 Å². The van der Waals surface area contributed by atoms with E-state index in [0.717, 1.165) is 65.4 Å². The van der Waals surface area contributed by atoms with Crippen molar-refractivity contribution in [3.63, 3.8) is 0 Å². The van der Waals surface area contributed by atoms with Gasteiger partial charge in [0.25, 0.3) is 5.91 Å². The molecular formula is C23H26ClN5O2S. The molecule has 0 aliphatic carbocycles. The van der Waals surface area contributed by atoms with Crippen molar-refractivity contribution in [1.29, 1.82) is 0 Å². The molecule has 0 saturated carbocycles. The number of hydrogen-bond acceptors (Lipinski definition) is 7. The lowest BCUT2D eigenvalue weighted by Gasteiger charge is -2.26. The number of nitrogens with one attached hydrogen (secondary N) is 2. The third-order valence-electron chi connectivity index (χ3n) is 5.22. The van der Waals surface area contributed by atoms with E-state index >= 15 is 0 Å². The molecule has 3 aromatic rings. The lowest BCUT2D eigenvalue weighted by atomic mass is 10.2. The molecular weight excluding hydrogens is 446 g/mol. The van der Waals surface area contributed by atoms with Crippen LogP contribution >= 0.6 is 22.9 Å². The molecule has 1 amide bonds.